The number of carbonyl (C=O) groups excluding carboxylic acids is 1. The van der Waals surface area contributed by atoms with Gasteiger partial charge >= 0.3 is 0 Å². The quantitative estimate of drug-likeness (QED) is 0.681. The highest BCUT2D eigenvalue weighted by molar-refractivity contribution is 5.77. The molecule has 0 saturated heterocycles. The minimum atomic E-state index is 0.119. The first-order chi connectivity index (χ1) is 6.33. The molecule has 76 valence electrons. The van der Waals surface area contributed by atoms with Gasteiger partial charge in [-0.25, -0.2) is 0 Å². The third-order valence-electron chi connectivity index (χ3n) is 2.65. The summed E-state index contributed by atoms with van der Waals surface area (Å²) >= 11 is 0. The summed E-state index contributed by atoms with van der Waals surface area (Å²) in [4.78, 5) is 11.1. The maximum Gasteiger partial charge on any atom is 0.233 e. The molecule has 1 aliphatic carbocycles. The van der Waals surface area contributed by atoms with E-state index in [4.69, 9.17) is 0 Å². The predicted molar refractivity (Wildman–Crippen MR) is 53.5 cm³/mol. The first kappa shape index (κ1) is 10.5. The van der Waals surface area contributed by atoms with Gasteiger partial charge in [-0.05, 0) is 25.8 Å². The number of hydrogen-bond donors (Lipinski definition) is 2. The number of likely N-dealkylation sites (N-methyl/N-ethyl adjacent to an activating group) is 1. The molecule has 2 N–H and O–H groups in total. The number of amides is 1. The number of rotatable bonds is 4. The van der Waals surface area contributed by atoms with Crippen molar-refractivity contribution < 1.29 is 4.79 Å². The van der Waals surface area contributed by atoms with Crippen molar-refractivity contribution in [3.05, 3.63) is 0 Å². The van der Waals surface area contributed by atoms with Crippen molar-refractivity contribution in [2.45, 2.75) is 32.1 Å². The Kier molecular flexibility index (Phi) is 4.83. The van der Waals surface area contributed by atoms with Gasteiger partial charge in [0.25, 0.3) is 0 Å². The summed E-state index contributed by atoms with van der Waals surface area (Å²) in [5.41, 5.74) is 0. The van der Waals surface area contributed by atoms with Crippen molar-refractivity contribution in [3.63, 3.8) is 0 Å². The van der Waals surface area contributed by atoms with Crippen LogP contribution in [0.5, 0.6) is 0 Å². The van der Waals surface area contributed by atoms with Crippen LogP contribution < -0.4 is 10.6 Å². The summed E-state index contributed by atoms with van der Waals surface area (Å²) in [7, 11) is 1.79. The van der Waals surface area contributed by atoms with E-state index < -0.39 is 0 Å². The molecular formula is C10H20N2O. The van der Waals surface area contributed by atoms with Crippen molar-refractivity contribution in [1.29, 1.82) is 0 Å². The number of hydrogen-bond acceptors (Lipinski definition) is 2. The largest absolute Gasteiger partial charge is 0.355 e. The van der Waals surface area contributed by atoms with Gasteiger partial charge in [0, 0.05) is 6.54 Å². The fraction of sp³-hybridized carbons (Fsp3) is 0.900. The van der Waals surface area contributed by atoms with Gasteiger partial charge in [-0.1, -0.05) is 19.3 Å². The lowest BCUT2D eigenvalue weighted by Crippen LogP contribution is -2.35. The fourth-order valence-electron chi connectivity index (χ4n) is 1.87. The van der Waals surface area contributed by atoms with E-state index in [-0.39, 0.29) is 5.91 Å². The molecule has 0 aromatic carbocycles. The van der Waals surface area contributed by atoms with E-state index in [0.29, 0.717) is 6.54 Å². The molecule has 0 heterocycles. The van der Waals surface area contributed by atoms with Crippen LogP contribution in [0, 0.1) is 5.92 Å². The van der Waals surface area contributed by atoms with Crippen LogP contribution >= 0.6 is 0 Å². The Balaban J connectivity index is 2.06. The molecule has 1 aliphatic rings. The standard InChI is InChI=1S/C10H20N2O/c1-11-8-10(13)12-7-9-5-3-2-4-6-9/h9,11H,2-8H2,1H3,(H,12,13). The summed E-state index contributed by atoms with van der Waals surface area (Å²) in [5, 5.41) is 5.80. The Hall–Kier alpha value is -0.570. The first-order valence-electron chi connectivity index (χ1n) is 5.24. The molecule has 3 nitrogen and oxygen atoms in total. The third-order valence-corrected chi connectivity index (χ3v) is 2.65. The van der Waals surface area contributed by atoms with E-state index in [1.54, 1.807) is 7.05 Å². The molecule has 0 atom stereocenters. The maximum absolute atomic E-state index is 11.1. The van der Waals surface area contributed by atoms with Gasteiger partial charge < -0.3 is 10.6 Å². The maximum atomic E-state index is 11.1. The Morgan fingerprint density at radius 1 is 1.31 bits per heavy atom. The lowest BCUT2D eigenvalue weighted by Gasteiger charge is -2.21. The van der Waals surface area contributed by atoms with Crippen LogP contribution in [0.15, 0.2) is 0 Å². The zero-order valence-electron chi connectivity index (χ0n) is 8.44. The highest BCUT2D eigenvalue weighted by Gasteiger charge is 2.13. The van der Waals surface area contributed by atoms with Crippen molar-refractivity contribution in [2.75, 3.05) is 20.1 Å². The van der Waals surface area contributed by atoms with Crippen LogP contribution in [0.2, 0.25) is 0 Å². The molecule has 0 aromatic rings. The minimum Gasteiger partial charge on any atom is -0.355 e. The average Bonchev–Trinajstić information content (AvgIpc) is 2.17. The van der Waals surface area contributed by atoms with Gasteiger partial charge in [0.1, 0.15) is 0 Å². The molecule has 1 saturated carbocycles. The molecule has 1 amide bonds. The van der Waals surface area contributed by atoms with Crippen LogP contribution in [0.3, 0.4) is 0 Å². The van der Waals surface area contributed by atoms with E-state index in [2.05, 4.69) is 10.6 Å². The monoisotopic (exact) mass is 184 g/mol. The lowest BCUT2D eigenvalue weighted by atomic mass is 9.89. The van der Waals surface area contributed by atoms with E-state index in [1.807, 2.05) is 0 Å². The van der Waals surface area contributed by atoms with Crippen molar-refractivity contribution in [1.82, 2.24) is 10.6 Å². The molecule has 0 bridgehead atoms. The second kappa shape index (κ2) is 5.97. The zero-order valence-corrected chi connectivity index (χ0v) is 8.44. The lowest BCUT2D eigenvalue weighted by molar-refractivity contribution is -0.120. The number of carbonyl (C=O) groups is 1. The molecular weight excluding hydrogens is 164 g/mol. The van der Waals surface area contributed by atoms with Gasteiger partial charge in [0.15, 0.2) is 0 Å². The van der Waals surface area contributed by atoms with Crippen molar-refractivity contribution >= 4 is 5.91 Å². The molecule has 0 aliphatic heterocycles. The molecule has 0 spiro atoms. The van der Waals surface area contributed by atoms with E-state index >= 15 is 0 Å². The fourth-order valence-corrected chi connectivity index (χ4v) is 1.87. The summed E-state index contributed by atoms with van der Waals surface area (Å²) in [6.07, 6.45) is 6.64. The van der Waals surface area contributed by atoms with E-state index in [1.165, 1.54) is 32.1 Å². The van der Waals surface area contributed by atoms with Crippen LogP contribution in [0.1, 0.15) is 32.1 Å². The number of nitrogens with one attached hydrogen (secondary N) is 2. The summed E-state index contributed by atoms with van der Waals surface area (Å²) in [6.45, 7) is 1.31. The van der Waals surface area contributed by atoms with Gasteiger partial charge in [0.05, 0.1) is 6.54 Å². The zero-order chi connectivity index (χ0) is 9.52. The van der Waals surface area contributed by atoms with Crippen LogP contribution in [-0.4, -0.2) is 26.0 Å². The second-order valence-electron chi connectivity index (χ2n) is 3.84. The van der Waals surface area contributed by atoms with Crippen LogP contribution in [0.25, 0.3) is 0 Å². The third kappa shape index (κ3) is 4.27. The highest BCUT2D eigenvalue weighted by Crippen LogP contribution is 2.22. The first-order valence-corrected chi connectivity index (χ1v) is 5.24. The molecule has 1 fully saturated rings. The highest BCUT2D eigenvalue weighted by atomic mass is 16.1. The summed E-state index contributed by atoms with van der Waals surface area (Å²) in [5.74, 6) is 0.850. The molecule has 0 radical (unpaired) electrons. The van der Waals surface area contributed by atoms with Crippen molar-refractivity contribution in [3.8, 4) is 0 Å². The van der Waals surface area contributed by atoms with Crippen LogP contribution in [0.4, 0.5) is 0 Å². The molecule has 0 aromatic heterocycles. The Morgan fingerprint density at radius 3 is 2.62 bits per heavy atom. The normalized spacial score (nSPS) is 18.5. The summed E-state index contributed by atoms with van der Waals surface area (Å²) in [6, 6.07) is 0. The second-order valence-corrected chi connectivity index (χ2v) is 3.84. The summed E-state index contributed by atoms with van der Waals surface area (Å²) < 4.78 is 0. The Bertz CT molecular complexity index is 153. The van der Waals surface area contributed by atoms with Crippen molar-refractivity contribution in [2.24, 2.45) is 5.92 Å². The SMILES string of the molecule is CNCC(=O)NCC1CCCCC1. The average molecular weight is 184 g/mol. The predicted octanol–water partition coefficient (Wildman–Crippen LogP) is 0.902. The van der Waals surface area contributed by atoms with E-state index in [9.17, 15) is 4.79 Å². The molecule has 1 rings (SSSR count). The van der Waals surface area contributed by atoms with Gasteiger partial charge in [-0.3, -0.25) is 4.79 Å². The Labute approximate surface area is 80.3 Å². The van der Waals surface area contributed by atoms with E-state index in [0.717, 1.165) is 12.5 Å². The van der Waals surface area contributed by atoms with Gasteiger partial charge in [0.2, 0.25) is 5.91 Å². The van der Waals surface area contributed by atoms with Crippen LogP contribution in [-0.2, 0) is 4.79 Å². The molecule has 13 heavy (non-hydrogen) atoms. The molecule has 3 heteroatoms. The Morgan fingerprint density at radius 2 is 2.00 bits per heavy atom. The topological polar surface area (TPSA) is 41.1 Å². The van der Waals surface area contributed by atoms with Gasteiger partial charge in [-0.2, -0.15) is 0 Å². The minimum absolute atomic E-state index is 0.119. The molecule has 0 unspecified atom stereocenters. The van der Waals surface area contributed by atoms with Gasteiger partial charge in [-0.15, -0.1) is 0 Å². The smallest absolute Gasteiger partial charge is 0.233 e.